The van der Waals surface area contributed by atoms with E-state index in [9.17, 15) is 0 Å². The number of phenols is 2. The molecule has 0 radical (unpaired) electrons. The highest BCUT2D eigenvalue weighted by molar-refractivity contribution is 7.79. The van der Waals surface area contributed by atoms with Gasteiger partial charge in [-0.25, -0.2) is 0 Å². The maximum Gasteiger partial charge on any atom is 0.394 e. The molecule has 0 saturated carbocycles. The fourth-order valence-electron chi connectivity index (χ4n) is 0.962. The number of phenolic OH excluding ortho intramolecular Hbond substituents is 2. The molecule has 2 rings (SSSR count). The highest BCUT2D eigenvalue weighted by Gasteiger charge is 1.87. The quantitative estimate of drug-likeness (QED) is 0.161. The van der Waals surface area contributed by atoms with Crippen molar-refractivity contribution in [2.45, 2.75) is 0 Å². The van der Waals surface area contributed by atoms with Gasteiger partial charge < -0.3 is 27.8 Å². The molecule has 0 aromatic heterocycles. The van der Waals surface area contributed by atoms with Crippen molar-refractivity contribution < 1.29 is 27.7 Å². The van der Waals surface area contributed by atoms with Crippen LogP contribution in [0.25, 0.3) is 0 Å². The van der Waals surface area contributed by atoms with Gasteiger partial charge in [0.25, 0.3) is 0 Å². The molecule has 124 valence electrons. The molecule has 2 aromatic rings. The molecule has 0 heterocycles. The molecule has 0 amide bonds. The maximum absolute atomic E-state index is 8.79. The van der Waals surface area contributed by atoms with Crippen LogP contribution >= 0.6 is 0 Å². The molecule has 0 bridgehead atoms. The standard InChI is InChI=1S/2C6H7NO.H3N.H2O4S/c7-5-1-3-6(8)4-2-5;7-5-3-1-2-4-6(5)8;;1-5(2,3)4/h2*1-4,8H,7H2;1H3;(H2,1,2,3,4). The number of hydrogen-bond donors (Lipinski definition) is 7. The Labute approximate surface area is 128 Å². The highest BCUT2D eigenvalue weighted by atomic mass is 32.3. The van der Waals surface area contributed by atoms with E-state index in [0.717, 1.165) is 0 Å². The van der Waals surface area contributed by atoms with Gasteiger partial charge in [-0.15, -0.1) is 0 Å². The fourth-order valence-corrected chi connectivity index (χ4v) is 0.962. The smallest absolute Gasteiger partial charge is 0.394 e. The van der Waals surface area contributed by atoms with E-state index in [1.807, 2.05) is 0 Å². The van der Waals surface area contributed by atoms with Gasteiger partial charge in [-0.05, 0) is 36.4 Å². The van der Waals surface area contributed by atoms with E-state index in [0.29, 0.717) is 11.4 Å². The van der Waals surface area contributed by atoms with Crippen molar-refractivity contribution in [3.63, 3.8) is 0 Å². The summed E-state index contributed by atoms with van der Waals surface area (Å²) in [5.41, 5.74) is 11.7. The van der Waals surface area contributed by atoms with Crippen molar-refractivity contribution in [1.82, 2.24) is 6.15 Å². The predicted octanol–water partition coefficient (Wildman–Crippen LogP) is 1.46. The molecule has 0 aliphatic carbocycles. The monoisotopic (exact) mass is 333 g/mol. The summed E-state index contributed by atoms with van der Waals surface area (Å²) >= 11 is 0. The molecule has 0 aliphatic heterocycles. The van der Waals surface area contributed by atoms with Crippen molar-refractivity contribution in [1.29, 1.82) is 0 Å². The Morgan fingerprint density at radius 3 is 1.50 bits per heavy atom. The van der Waals surface area contributed by atoms with Crippen LogP contribution in [0.3, 0.4) is 0 Å². The number of hydrogen-bond acceptors (Lipinski definition) is 7. The van der Waals surface area contributed by atoms with Crippen LogP contribution in [0.5, 0.6) is 11.5 Å². The summed E-state index contributed by atoms with van der Waals surface area (Å²) in [6, 6.07) is 13.1. The molecule has 2 aromatic carbocycles. The van der Waals surface area contributed by atoms with E-state index in [4.69, 9.17) is 39.2 Å². The van der Waals surface area contributed by atoms with E-state index in [2.05, 4.69) is 0 Å². The Bertz CT molecular complexity index is 596. The van der Waals surface area contributed by atoms with E-state index in [1.165, 1.54) is 0 Å². The van der Waals surface area contributed by atoms with E-state index in [-0.39, 0.29) is 17.6 Å². The second kappa shape index (κ2) is 10.2. The van der Waals surface area contributed by atoms with Crippen LogP contribution in [0, 0.1) is 0 Å². The van der Waals surface area contributed by atoms with Gasteiger partial charge in [-0.1, -0.05) is 12.1 Å². The summed E-state index contributed by atoms with van der Waals surface area (Å²) in [7, 11) is -4.67. The zero-order valence-corrected chi connectivity index (χ0v) is 12.3. The van der Waals surface area contributed by atoms with Gasteiger partial charge in [0.15, 0.2) is 0 Å². The third-order valence-corrected chi connectivity index (χ3v) is 1.83. The van der Waals surface area contributed by atoms with Crippen molar-refractivity contribution in [3.8, 4) is 11.5 Å². The Kier molecular flexibility index (Phi) is 10.1. The summed E-state index contributed by atoms with van der Waals surface area (Å²) in [6.07, 6.45) is 0. The molecular weight excluding hydrogens is 314 g/mol. The second-order valence-electron chi connectivity index (χ2n) is 3.60. The van der Waals surface area contributed by atoms with Crippen LogP contribution in [0.4, 0.5) is 11.4 Å². The Balaban J connectivity index is 0. The molecule has 11 N–H and O–H groups in total. The van der Waals surface area contributed by atoms with E-state index < -0.39 is 10.4 Å². The Hall–Kier alpha value is -2.53. The van der Waals surface area contributed by atoms with Crippen molar-refractivity contribution in [3.05, 3.63) is 48.5 Å². The van der Waals surface area contributed by atoms with Crippen LogP contribution in [-0.4, -0.2) is 27.7 Å². The van der Waals surface area contributed by atoms with Gasteiger partial charge in [-0.2, -0.15) is 8.42 Å². The molecule has 0 saturated heterocycles. The lowest BCUT2D eigenvalue weighted by Gasteiger charge is -1.92. The molecule has 0 aliphatic rings. The van der Waals surface area contributed by atoms with Crippen molar-refractivity contribution >= 4 is 21.8 Å². The summed E-state index contributed by atoms with van der Waals surface area (Å²) in [5.74, 6) is 0.395. The highest BCUT2D eigenvalue weighted by Crippen LogP contribution is 2.16. The second-order valence-corrected chi connectivity index (χ2v) is 4.49. The maximum atomic E-state index is 8.79. The van der Waals surface area contributed by atoms with Crippen molar-refractivity contribution in [2.75, 3.05) is 11.5 Å². The predicted molar refractivity (Wildman–Crippen MR) is 84.2 cm³/mol. The van der Waals surface area contributed by atoms with Gasteiger partial charge in [0.05, 0.1) is 5.69 Å². The zero-order chi connectivity index (χ0) is 16.5. The van der Waals surface area contributed by atoms with Gasteiger partial charge in [0, 0.05) is 5.69 Å². The van der Waals surface area contributed by atoms with E-state index in [1.54, 1.807) is 48.5 Å². The minimum Gasteiger partial charge on any atom is -0.508 e. The lowest BCUT2D eigenvalue weighted by molar-refractivity contribution is 0.381. The van der Waals surface area contributed by atoms with Crippen LogP contribution in [0.2, 0.25) is 0 Å². The summed E-state index contributed by atoms with van der Waals surface area (Å²) in [5, 5.41) is 17.5. The summed E-state index contributed by atoms with van der Waals surface area (Å²) in [6.45, 7) is 0. The third-order valence-electron chi connectivity index (χ3n) is 1.83. The van der Waals surface area contributed by atoms with Gasteiger partial charge in [-0.3, -0.25) is 9.11 Å². The fraction of sp³-hybridized carbons (Fsp3) is 0. The minimum atomic E-state index is -4.67. The minimum absolute atomic E-state index is 0. The van der Waals surface area contributed by atoms with Gasteiger partial charge >= 0.3 is 10.4 Å². The normalized spacial score (nSPS) is 9.18. The van der Waals surface area contributed by atoms with Crippen molar-refractivity contribution in [2.24, 2.45) is 0 Å². The molecule has 0 unspecified atom stereocenters. The Morgan fingerprint density at radius 2 is 1.23 bits per heavy atom. The molecule has 22 heavy (non-hydrogen) atoms. The topological polar surface area (TPSA) is 202 Å². The first-order valence-electron chi connectivity index (χ1n) is 5.37. The third kappa shape index (κ3) is 13.9. The molecule has 0 atom stereocenters. The average molecular weight is 333 g/mol. The number of rotatable bonds is 0. The number of para-hydroxylation sites is 2. The zero-order valence-electron chi connectivity index (χ0n) is 11.5. The van der Waals surface area contributed by atoms with Crippen LogP contribution in [0.1, 0.15) is 0 Å². The van der Waals surface area contributed by atoms with Gasteiger partial charge in [0.1, 0.15) is 11.5 Å². The number of anilines is 2. The molecule has 0 fully saturated rings. The SMILES string of the molecule is N.Nc1ccc(O)cc1.Nc1ccccc1O.O=S(=O)(O)O. The number of nitrogen functional groups attached to an aromatic ring is 2. The number of nitrogens with two attached hydrogens (primary N) is 2. The Morgan fingerprint density at radius 1 is 0.818 bits per heavy atom. The molecular formula is C12H19N3O6S. The molecule has 10 heteroatoms. The lowest BCUT2D eigenvalue weighted by Crippen LogP contribution is -1.89. The molecule has 0 spiro atoms. The van der Waals surface area contributed by atoms with Crippen LogP contribution < -0.4 is 17.6 Å². The lowest BCUT2D eigenvalue weighted by atomic mass is 10.3. The van der Waals surface area contributed by atoms with E-state index >= 15 is 0 Å². The first-order valence-corrected chi connectivity index (χ1v) is 6.77. The largest absolute Gasteiger partial charge is 0.508 e. The first-order chi connectivity index (χ1) is 9.59. The summed E-state index contributed by atoms with van der Waals surface area (Å²) < 4.78 is 31.6. The molecule has 9 nitrogen and oxygen atoms in total. The van der Waals surface area contributed by atoms with Gasteiger partial charge in [0.2, 0.25) is 0 Å². The van der Waals surface area contributed by atoms with Crippen LogP contribution in [-0.2, 0) is 10.4 Å². The number of benzene rings is 2. The van der Waals surface area contributed by atoms with Crippen LogP contribution in [0.15, 0.2) is 48.5 Å². The average Bonchev–Trinajstić information content (AvgIpc) is 2.35. The summed E-state index contributed by atoms with van der Waals surface area (Å²) in [4.78, 5) is 0. The number of aromatic hydroxyl groups is 2. The first kappa shape index (κ1) is 21.8.